The average molecular weight is 195 g/mol. The lowest BCUT2D eigenvalue weighted by Crippen LogP contribution is -2.33. The van der Waals surface area contributed by atoms with Crippen molar-refractivity contribution in [2.24, 2.45) is 5.41 Å². The fraction of sp³-hybridized carbons (Fsp3) is 1.00. The standard InChI is InChI=1S/C9H19F2NO/c1-9(2,3)4-5-12-6-7(13)8(10)11/h7-8,12-13H,4-6H2,1-3H3. The molecule has 0 aromatic heterocycles. The largest absolute Gasteiger partial charge is 0.386 e. The van der Waals surface area contributed by atoms with Crippen LogP contribution in [0.25, 0.3) is 0 Å². The fourth-order valence-electron chi connectivity index (χ4n) is 0.802. The minimum atomic E-state index is -2.65. The number of hydrogen-bond donors (Lipinski definition) is 2. The number of rotatable bonds is 5. The first-order valence-electron chi connectivity index (χ1n) is 4.50. The summed E-state index contributed by atoms with van der Waals surface area (Å²) in [6.07, 6.45) is -3.29. The van der Waals surface area contributed by atoms with E-state index in [0.29, 0.717) is 6.54 Å². The van der Waals surface area contributed by atoms with Crippen LogP contribution in [-0.2, 0) is 0 Å². The summed E-state index contributed by atoms with van der Waals surface area (Å²) >= 11 is 0. The summed E-state index contributed by atoms with van der Waals surface area (Å²) in [6, 6.07) is 0. The van der Waals surface area contributed by atoms with Crippen molar-refractivity contribution in [2.45, 2.75) is 39.7 Å². The summed E-state index contributed by atoms with van der Waals surface area (Å²) in [5.74, 6) is 0. The van der Waals surface area contributed by atoms with Gasteiger partial charge in [0, 0.05) is 6.54 Å². The topological polar surface area (TPSA) is 32.3 Å². The van der Waals surface area contributed by atoms with Crippen LogP contribution in [-0.4, -0.2) is 30.7 Å². The highest BCUT2D eigenvalue weighted by Crippen LogP contribution is 2.16. The van der Waals surface area contributed by atoms with E-state index in [1.165, 1.54) is 0 Å². The molecule has 13 heavy (non-hydrogen) atoms. The number of aliphatic hydroxyl groups excluding tert-OH is 1. The maximum absolute atomic E-state index is 11.8. The summed E-state index contributed by atoms with van der Waals surface area (Å²) in [5.41, 5.74) is 0.197. The maximum atomic E-state index is 11.8. The van der Waals surface area contributed by atoms with Crippen LogP contribution in [0.3, 0.4) is 0 Å². The molecule has 0 fully saturated rings. The van der Waals surface area contributed by atoms with Gasteiger partial charge in [0.25, 0.3) is 6.43 Å². The first-order chi connectivity index (χ1) is 5.83. The van der Waals surface area contributed by atoms with Crippen LogP contribution in [0.5, 0.6) is 0 Å². The smallest absolute Gasteiger partial charge is 0.265 e. The van der Waals surface area contributed by atoms with Gasteiger partial charge in [0.1, 0.15) is 6.10 Å². The Balaban J connectivity index is 3.36. The van der Waals surface area contributed by atoms with Gasteiger partial charge in [0.15, 0.2) is 0 Å². The zero-order valence-electron chi connectivity index (χ0n) is 8.48. The Morgan fingerprint density at radius 2 is 1.85 bits per heavy atom. The molecule has 2 nitrogen and oxygen atoms in total. The van der Waals surface area contributed by atoms with Crippen LogP contribution in [0, 0.1) is 5.41 Å². The van der Waals surface area contributed by atoms with Crippen molar-refractivity contribution in [3.8, 4) is 0 Å². The molecule has 0 aliphatic heterocycles. The minimum Gasteiger partial charge on any atom is -0.386 e. The Hall–Kier alpha value is -0.220. The summed E-state index contributed by atoms with van der Waals surface area (Å²) in [6.45, 7) is 6.87. The lowest BCUT2D eigenvalue weighted by atomic mass is 9.92. The van der Waals surface area contributed by atoms with Gasteiger partial charge < -0.3 is 10.4 Å². The number of alkyl halides is 2. The van der Waals surface area contributed by atoms with Crippen LogP contribution >= 0.6 is 0 Å². The molecule has 1 atom stereocenters. The second kappa shape index (κ2) is 5.50. The van der Waals surface area contributed by atoms with E-state index in [2.05, 4.69) is 26.1 Å². The molecule has 0 aromatic rings. The molecule has 0 amide bonds. The van der Waals surface area contributed by atoms with Gasteiger partial charge in [-0.15, -0.1) is 0 Å². The molecule has 0 bridgehead atoms. The zero-order valence-corrected chi connectivity index (χ0v) is 8.48. The van der Waals surface area contributed by atoms with Crippen molar-refractivity contribution in [1.82, 2.24) is 5.32 Å². The molecular formula is C9H19F2NO. The summed E-state index contributed by atoms with van der Waals surface area (Å²) < 4.78 is 23.6. The van der Waals surface area contributed by atoms with Gasteiger partial charge in [0.05, 0.1) is 0 Å². The third-order valence-corrected chi connectivity index (χ3v) is 1.70. The van der Waals surface area contributed by atoms with Gasteiger partial charge in [0.2, 0.25) is 0 Å². The lowest BCUT2D eigenvalue weighted by Gasteiger charge is -2.18. The van der Waals surface area contributed by atoms with Crippen molar-refractivity contribution < 1.29 is 13.9 Å². The Labute approximate surface area is 78.3 Å². The van der Waals surface area contributed by atoms with Crippen molar-refractivity contribution in [1.29, 1.82) is 0 Å². The molecule has 0 aliphatic carbocycles. The van der Waals surface area contributed by atoms with Crippen molar-refractivity contribution in [3.63, 3.8) is 0 Å². The van der Waals surface area contributed by atoms with Gasteiger partial charge in [-0.25, -0.2) is 8.78 Å². The monoisotopic (exact) mass is 195 g/mol. The molecule has 0 saturated heterocycles. The van der Waals surface area contributed by atoms with Crippen LogP contribution in [0.1, 0.15) is 27.2 Å². The van der Waals surface area contributed by atoms with Crippen LogP contribution in [0.2, 0.25) is 0 Å². The second-order valence-electron chi connectivity index (χ2n) is 4.42. The Morgan fingerprint density at radius 3 is 2.23 bits per heavy atom. The third-order valence-electron chi connectivity index (χ3n) is 1.70. The van der Waals surface area contributed by atoms with E-state index in [-0.39, 0.29) is 12.0 Å². The molecule has 1 unspecified atom stereocenters. The Bertz CT molecular complexity index is 134. The van der Waals surface area contributed by atoms with Crippen LogP contribution < -0.4 is 5.32 Å². The average Bonchev–Trinajstić information content (AvgIpc) is 1.95. The number of hydrogen-bond acceptors (Lipinski definition) is 2. The number of nitrogens with one attached hydrogen (secondary N) is 1. The van der Waals surface area contributed by atoms with E-state index < -0.39 is 12.5 Å². The predicted octanol–water partition coefficient (Wildman–Crippen LogP) is 1.64. The van der Waals surface area contributed by atoms with Gasteiger partial charge in [-0.3, -0.25) is 0 Å². The molecule has 0 radical (unpaired) electrons. The van der Waals surface area contributed by atoms with E-state index in [0.717, 1.165) is 6.42 Å². The summed E-state index contributed by atoms with van der Waals surface area (Å²) in [4.78, 5) is 0. The molecule has 0 aliphatic rings. The quantitative estimate of drug-likeness (QED) is 0.654. The zero-order chi connectivity index (χ0) is 10.5. The van der Waals surface area contributed by atoms with Crippen LogP contribution in [0.15, 0.2) is 0 Å². The van der Waals surface area contributed by atoms with E-state index in [1.807, 2.05) is 0 Å². The van der Waals surface area contributed by atoms with Crippen molar-refractivity contribution in [2.75, 3.05) is 13.1 Å². The van der Waals surface area contributed by atoms with E-state index in [9.17, 15) is 8.78 Å². The molecule has 2 N–H and O–H groups in total. The highest BCUT2D eigenvalue weighted by Gasteiger charge is 2.16. The molecule has 4 heteroatoms. The molecular weight excluding hydrogens is 176 g/mol. The van der Waals surface area contributed by atoms with E-state index in [4.69, 9.17) is 5.11 Å². The first-order valence-corrected chi connectivity index (χ1v) is 4.50. The van der Waals surface area contributed by atoms with Gasteiger partial charge in [-0.1, -0.05) is 20.8 Å². The summed E-state index contributed by atoms with van der Waals surface area (Å²) in [7, 11) is 0. The Morgan fingerprint density at radius 1 is 1.31 bits per heavy atom. The summed E-state index contributed by atoms with van der Waals surface area (Å²) in [5, 5.41) is 11.5. The number of aliphatic hydroxyl groups is 1. The van der Waals surface area contributed by atoms with Crippen LogP contribution in [0.4, 0.5) is 8.78 Å². The Kier molecular flexibility index (Phi) is 5.40. The molecule has 0 saturated carbocycles. The van der Waals surface area contributed by atoms with Gasteiger partial charge >= 0.3 is 0 Å². The normalized spacial score (nSPS) is 15.0. The fourth-order valence-corrected chi connectivity index (χ4v) is 0.802. The maximum Gasteiger partial charge on any atom is 0.265 e. The highest BCUT2D eigenvalue weighted by atomic mass is 19.3. The molecule has 0 heterocycles. The molecule has 0 rings (SSSR count). The molecule has 80 valence electrons. The van der Waals surface area contributed by atoms with Gasteiger partial charge in [-0.05, 0) is 18.4 Å². The second-order valence-corrected chi connectivity index (χ2v) is 4.42. The van der Waals surface area contributed by atoms with Crippen molar-refractivity contribution in [3.05, 3.63) is 0 Å². The lowest BCUT2D eigenvalue weighted by molar-refractivity contribution is -0.00339. The SMILES string of the molecule is CC(C)(C)CCNCC(O)C(F)F. The van der Waals surface area contributed by atoms with Crippen molar-refractivity contribution >= 4 is 0 Å². The first kappa shape index (κ1) is 12.8. The third kappa shape index (κ3) is 8.12. The molecule has 0 aromatic carbocycles. The van der Waals surface area contributed by atoms with E-state index >= 15 is 0 Å². The predicted molar refractivity (Wildman–Crippen MR) is 49.0 cm³/mol. The molecule has 0 spiro atoms. The minimum absolute atomic E-state index is 0.0340. The number of halogens is 2. The van der Waals surface area contributed by atoms with Gasteiger partial charge in [-0.2, -0.15) is 0 Å². The highest BCUT2D eigenvalue weighted by molar-refractivity contribution is 4.66. The van der Waals surface area contributed by atoms with E-state index in [1.54, 1.807) is 0 Å².